The van der Waals surface area contributed by atoms with Gasteiger partial charge in [-0.15, -0.1) is 24.8 Å². The molecule has 10 heteroatoms. The van der Waals surface area contributed by atoms with Crippen LogP contribution in [0.5, 0.6) is 0 Å². The molecule has 164 valence electrons. The van der Waals surface area contributed by atoms with Crippen molar-refractivity contribution in [2.75, 3.05) is 58.2 Å². The monoisotopic (exact) mass is 466 g/mol. The van der Waals surface area contributed by atoms with E-state index in [1.54, 1.807) is 19.2 Å². The molecule has 0 aromatic heterocycles. The first-order valence-electron chi connectivity index (χ1n) is 9.36. The van der Waals surface area contributed by atoms with E-state index in [9.17, 15) is 9.59 Å². The molecule has 2 heterocycles. The summed E-state index contributed by atoms with van der Waals surface area (Å²) in [4.78, 5) is 29.2. The molecular weight excluding hydrogens is 439 g/mol. The molecule has 1 aromatic carbocycles. The lowest BCUT2D eigenvalue weighted by atomic mass is 9.90. The molecule has 2 aliphatic rings. The standard InChI is InChI=1S/C19H27ClN4O3.2ClH/c1-27-19(6-8-21-9-7-19)18(26)24-12-10-23(11-13-24)14-17(25)22-16-5-3-2-4-15(16)20;;/h2-5,21H,6-14H2,1H3,(H,22,25);2*1H. The zero-order valence-electron chi connectivity index (χ0n) is 16.5. The number of piperazine rings is 1. The number of piperidine rings is 1. The number of carbonyl (C=O) groups excluding carboxylic acids is 2. The van der Waals surface area contributed by atoms with Crippen molar-refractivity contribution in [3.05, 3.63) is 29.3 Å². The second-order valence-electron chi connectivity index (χ2n) is 7.04. The van der Waals surface area contributed by atoms with Gasteiger partial charge in [0.15, 0.2) is 0 Å². The summed E-state index contributed by atoms with van der Waals surface area (Å²) in [6.45, 7) is 4.42. The fraction of sp³-hybridized carbons (Fsp3) is 0.579. The Morgan fingerprint density at radius 2 is 1.76 bits per heavy atom. The van der Waals surface area contributed by atoms with Gasteiger partial charge in [-0.1, -0.05) is 23.7 Å². The van der Waals surface area contributed by atoms with Crippen LogP contribution in [0.1, 0.15) is 12.8 Å². The highest BCUT2D eigenvalue weighted by molar-refractivity contribution is 6.33. The number of amides is 2. The van der Waals surface area contributed by atoms with E-state index in [0.29, 0.717) is 49.7 Å². The van der Waals surface area contributed by atoms with Gasteiger partial charge in [0, 0.05) is 33.3 Å². The van der Waals surface area contributed by atoms with Gasteiger partial charge in [0.05, 0.1) is 17.3 Å². The maximum absolute atomic E-state index is 13.0. The van der Waals surface area contributed by atoms with E-state index in [-0.39, 0.29) is 43.2 Å². The minimum Gasteiger partial charge on any atom is -0.368 e. The molecule has 1 aromatic rings. The summed E-state index contributed by atoms with van der Waals surface area (Å²) in [6.07, 6.45) is 1.39. The number of methoxy groups -OCH3 is 1. The van der Waals surface area contributed by atoms with Gasteiger partial charge in [0.1, 0.15) is 5.60 Å². The van der Waals surface area contributed by atoms with Crippen LogP contribution in [0.3, 0.4) is 0 Å². The first-order chi connectivity index (χ1) is 13.0. The van der Waals surface area contributed by atoms with E-state index in [1.165, 1.54) is 0 Å². The Labute approximate surface area is 189 Å². The minimum absolute atomic E-state index is 0. The Bertz CT molecular complexity index is 678. The molecule has 2 aliphatic heterocycles. The predicted molar refractivity (Wildman–Crippen MR) is 119 cm³/mol. The minimum atomic E-state index is -0.700. The van der Waals surface area contributed by atoms with Gasteiger partial charge in [-0.25, -0.2) is 0 Å². The third-order valence-corrected chi connectivity index (χ3v) is 5.70. The van der Waals surface area contributed by atoms with E-state index in [4.69, 9.17) is 16.3 Å². The maximum Gasteiger partial charge on any atom is 0.254 e. The molecule has 0 aliphatic carbocycles. The summed E-state index contributed by atoms with van der Waals surface area (Å²) in [6, 6.07) is 7.18. The van der Waals surface area contributed by atoms with Gasteiger partial charge in [0.25, 0.3) is 5.91 Å². The quantitative estimate of drug-likeness (QED) is 0.693. The fourth-order valence-electron chi connectivity index (χ4n) is 3.69. The lowest BCUT2D eigenvalue weighted by Crippen LogP contribution is -2.59. The number of carbonyl (C=O) groups is 2. The van der Waals surface area contributed by atoms with Crippen molar-refractivity contribution in [2.45, 2.75) is 18.4 Å². The van der Waals surface area contributed by atoms with Crippen molar-refractivity contribution in [3.63, 3.8) is 0 Å². The summed E-state index contributed by atoms with van der Waals surface area (Å²) in [5, 5.41) is 6.63. The van der Waals surface area contributed by atoms with E-state index in [1.807, 2.05) is 17.0 Å². The number of halogens is 3. The zero-order valence-corrected chi connectivity index (χ0v) is 18.9. The average Bonchev–Trinajstić information content (AvgIpc) is 2.70. The van der Waals surface area contributed by atoms with Crippen LogP contribution < -0.4 is 10.6 Å². The molecule has 0 unspecified atom stereocenters. The molecule has 29 heavy (non-hydrogen) atoms. The summed E-state index contributed by atoms with van der Waals surface area (Å²) in [7, 11) is 1.62. The molecule has 2 N–H and O–H groups in total. The third-order valence-electron chi connectivity index (χ3n) is 5.37. The average molecular weight is 468 g/mol. The molecule has 0 atom stereocenters. The number of hydrogen-bond donors (Lipinski definition) is 2. The third kappa shape index (κ3) is 6.44. The molecule has 0 spiro atoms. The van der Waals surface area contributed by atoms with E-state index in [2.05, 4.69) is 15.5 Å². The summed E-state index contributed by atoms with van der Waals surface area (Å²) in [5.74, 6) is -0.0266. The maximum atomic E-state index is 13.0. The number of hydrogen-bond acceptors (Lipinski definition) is 5. The number of ether oxygens (including phenoxy) is 1. The van der Waals surface area contributed by atoms with Crippen LogP contribution in [0.15, 0.2) is 24.3 Å². The second-order valence-corrected chi connectivity index (χ2v) is 7.45. The highest BCUT2D eigenvalue weighted by atomic mass is 35.5. The number of nitrogens with zero attached hydrogens (tertiary/aromatic N) is 2. The number of nitrogens with one attached hydrogen (secondary N) is 2. The molecular formula is C19H29Cl3N4O3. The number of benzene rings is 1. The highest BCUT2D eigenvalue weighted by Crippen LogP contribution is 2.26. The van der Waals surface area contributed by atoms with Gasteiger partial charge in [-0.3, -0.25) is 14.5 Å². The van der Waals surface area contributed by atoms with Gasteiger partial charge >= 0.3 is 0 Å². The first kappa shape index (κ1) is 25.9. The van der Waals surface area contributed by atoms with Crippen molar-refractivity contribution in [1.82, 2.24) is 15.1 Å². The Morgan fingerprint density at radius 3 is 2.34 bits per heavy atom. The fourth-order valence-corrected chi connectivity index (χ4v) is 3.87. The van der Waals surface area contributed by atoms with Crippen LogP contribution in [0, 0.1) is 0 Å². The Hall–Kier alpha value is -1.09. The highest BCUT2D eigenvalue weighted by Gasteiger charge is 2.43. The van der Waals surface area contributed by atoms with Crippen molar-refractivity contribution < 1.29 is 14.3 Å². The van der Waals surface area contributed by atoms with Crippen LogP contribution in [0.4, 0.5) is 5.69 Å². The summed E-state index contributed by atoms with van der Waals surface area (Å²) < 4.78 is 5.64. The van der Waals surface area contributed by atoms with E-state index < -0.39 is 5.60 Å². The number of rotatable bonds is 5. The Kier molecular flexibility index (Phi) is 10.7. The Morgan fingerprint density at radius 1 is 1.14 bits per heavy atom. The molecule has 2 amide bonds. The zero-order chi connectivity index (χ0) is 19.3. The first-order valence-corrected chi connectivity index (χ1v) is 9.74. The molecule has 2 saturated heterocycles. The van der Waals surface area contributed by atoms with Crippen LogP contribution >= 0.6 is 36.4 Å². The lowest BCUT2D eigenvalue weighted by molar-refractivity contribution is -0.160. The van der Waals surface area contributed by atoms with Crippen molar-refractivity contribution in [3.8, 4) is 0 Å². The van der Waals surface area contributed by atoms with Crippen LogP contribution in [0.2, 0.25) is 5.02 Å². The molecule has 7 nitrogen and oxygen atoms in total. The van der Waals surface area contributed by atoms with Gasteiger partial charge in [-0.05, 0) is 38.1 Å². The van der Waals surface area contributed by atoms with Gasteiger partial charge in [0.2, 0.25) is 5.91 Å². The number of para-hydroxylation sites is 1. The van der Waals surface area contributed by atoms with Crippen molar-refractivity contribution >= 4 is 53.9 Å². The molecule has 0 saturated carbocycles. The van der Waals surface area contributed by atoms with Crippen LogP contribution in [-0.2, 0) is 14.3 Å². The molecule has 2 fully saturated rings. The summed E-state index contributed by atoms with van der Waals surface area (Å²) >= 11 is 6.08. The van der Waals surface area contributed by atoms with Crippen LogP contribution in [-0.4, -0.2) is 80.1 Å². The Balaban J connectivity index is 0.00000210. The van der Waals surface area contributed by atoms with E-state index in [0.717, 1.165) is 13.1 Å². The number of anilines is 1. The molecule has 0 radical (unpaired) electrons. The van der Waals surface area contributed by atoms with Gasteiger partial charge in [-0.2, -0.15) is 0 Å². The molecule has 0 bridgehead atoms. The van der Waals surface area contributed by atoms with Crippen molar-refractivity contribution in [2.24, 2.45) is 0 Å². The normalized spacial score (nSPS) is 18.9. The smallest absolute Gasteiger partial charge is 0.254 e. The van der Waals surface area contributed by atoms with Gasteiger partial charge < -0.3 is 20.3 Å². The largest absolute Gasteiger partial charge is 0.368 e. The lowest BCUT2D eigenvalue weighted by Gasteiger charge is -2.42. The summed E-state index contributed by atoms with van der Waals surface area (Å²) in [5.41, 5.74) is -0.0830. The van der Waals surface area contributed by atoms with Crippen molar-refractivity contribution in [1.29, 1.82) is 0 Å². The molecule has 3 rings (SSSR count). The van der Waals surface area contributed by atoms with Crippen LogP contribution in [0.25, 0.3) is 0 Å². The SMILES string of the molecule is COC1(C(=O)N2CCN(CC(=O)Nc3ccccc3Cl)CC2)CCNCC1.Cl.Cl. The second kappa shape index (κ2) is 11.9. The topological polar surface area (TPSA) is 73.9 Å². The predicted octanol–water partition coefficient (Wildman–Crippen LogP) is 2.03. The van der Waals surface area contributed by atoms with E-state index >= 15 is 0 Å².